The predicted molar refractivity (Wildman–Crippen MR) is 119 cm³/mol. The monoisotopic (exact) mass is 416 g/mol. The van der Waals surface area contributed by atoms with Crippen molar-refractivity contribution in [2.75, 3.05) is 19.0 Å². The van der Waals surface area contributed by atoms with Gasteiger partial charge in [0, 0.05) is 12.6 Å². The van der Waals surface area contributed by atoms with Crippen LogP contribution in [0.4, 0.5) is 5.69 Å². The second kappa shape index (κ2) is 10.2. The van der Waals surface area contributed by atoms with Crippen molar-refractivity contribution in [1.82, 2.24) is 4.90 Å². The number of carbonyl (C=O) groups is 3. The molecule has 6 heteroatoms. The van der Waals surface area contributed by atoms with Crippen LogP contribution in [0.3, 0.4) is 0 Å². The third kappa shape index (κ3) is 5.57. The van der Waals surface area contributed by atoms with Gasteiger partial charge in [-0.2, -0.15) is 0 Å². The first kappa shape index (κ1) is 21.8. The number of hydrogen-bond donors (Lipinski definition) is 1. The van der Waals surface area contributed by atoms with E-state index >= 15 is 0 Å². The number of para-hydroxylation sites is 1. The molecule has 0 spiro atoms. The number of amides is 2. The lowest BCUT2D eigenvalue weighted by atomic mass is 10.1. The fraction of sp³-hybridized carbons (Fsp3) is 0.160. The van der Waals surface area contributed by atoms with E-state index in [-0.39, 0.29) is 23.4 Å². The van der Waals surface area contributed by atoms with Gasteiger partial charge in [-0.1, -0.05) is 60.7 Å². The number of nitrogens with zero attached hydrogens (tertiary/aromatic N) is 1. The van der Waals surface area contributed by atoms with Gasteiger partial charge in [0.05, 0.1) is 17.3 Å². The minimum Gasteiger partial charge on any atom is -0.452 e. The molecule has 0 saturated heterocycles. The van der Waals surface area contributed by atoms with Gasteiger partial charge in [-0.15, -0.1) is 0 Å². The fourth-order valence-electron chi connectivity index (χ4n) is 3.03. The predicted octanol–water partition coefficient (Wildman–Crippen LogP) is 4.32. The highest BCUT2D eigenvalue weighted by atomic mass is 16.5. The van der Waals surface area contributed by atoms with Crippen LogP contribution in [0, 0.1) is 0 Å². The van der Waals surface area contributed by atoms with E-state index in [9.17, 15) is 14.4 Å². The number of carbonyl (C=O) groups excluding carboxylic acids is 3. The van der Waals surface area contributed by atoms with E-state index < -0.39 is 12.6 Å². The van der Waals surface area contributed by atoms with Crippen molar-refractivity contribution in [3.63, 3.8) is 0 Å². The maximum absolute atomic E-state index is 12.6. The lowest BCUT2D eigenvalue weighted by Gasteiger charge is -2.25. The molecule has 2 amide bonds. The van der Waals surface area contributed by atoms with Crippen molar-refractivity contribution in [1.29, 1.82) is 0 Å². The summed E-state index contributed by atoms with van der Waals surface area (Å²) in [6.45, 7) is 1.51. The van der Waals surface area contributed by atoms with Crippen molar-refractivity contribution in [3.8, 4) is 0 Å². The summed E-state index contributed by atoms with van der Waals surface area (Å²) in [5.74, 6) is -1.35. The molecule has 0 aromatic heterocycles. The van der Waals surface area contributed by atoms with Gasteiger partial charge in [0.25, 0.3) is 11.8 Å². The molecule has 0 unspecified atom stereocenters. The van der Waals surface area contributed by atoms with E-state index in [0.717, 1.165) is 5.56 Å². The maximum atomic E-state index is 12.6. The maximum Gasteiger partial charge on any atom is 0.340 e. The van der Waals surface area contributed by atoms with Gasteiger partial charge in [-0.25, -0.2) is 4.79 Å². The third-order valence-electron chi connectivity index (χ3n) is 5.01. The lowest BCUT2D eigenvalue weighted by molar-refractivity contribution is -0.135. The Hall–Kier alpha value is -3.93. The zero-order valence-electron chi connectivity index (χ0n) is 17.4. The van der Waals surface area contributed by atoms with Crippen LogP contribution < -0.4 is 5.32 Å². The Bertz CT molecular complexity index is 1050. The number of ether oxygens (including phenoxy) is 1. The van der Waals surface area contributed by atoms with E-state index in [0.29, 0.717) is 11.3 Å². The average molecular weight is 416 g/mol. The smallest absolute Gasteiger partial charge is 0.340 e. The number of hydrogen-bond acceptors (Lipinski definition) is 4. The normalized spacial score (nSPS) is 11.3. The number of likely N-dealkylation sites (N-methyl/N-ethyl adjacent to an activating group) is 1. The Balaban J connectivity index is 1.63. The van der Waals surface area contributed by atoms with Crippen molar-refractivity contribution in [2.24, 2.45) is 0 Å². The average Bonchev–Trinajstić information content (AvgIpc) is 2.82. The summed E-state index contributed by atoms with van der Waals surface area (Å²) in [5, 5.41) is 2.72. The van der Waals surface area contributed by atoms with E-state index in [1.54, 1.807) is 55.6 Å². The highest BCUT2D eigenvalue weighted by Crippen LogP contribution is 2.20. The van der Waals surface area contributed by atoms with Gasteiger partial charge >= 0.3 is 5.97 Å². The summed E-state index contributed by atoms with van der Waals surface area (Å²) in [6, 6.07) is 24.7. The summed E-state index contributed by atoms with van der Waals surface area (Å²) in [4.78, 5) is 39.1. The van der Waals surface area contributed by atoms with Crippen molar-refractivity contribution in [2.45, 2.75) is 13.0 Å². The summed E-state index contributed by atoms with van der Waals surface area (Å²) in [6.07, 6.45) is 0. The molecule has 0 aliphatic carbocycles. The SMILES string of the molecule is C[C@H](c1ccccc1)N(C)C(=O)COC(=O)c1ccccc1NC(=O)c1ccccc1. The fourth-order valence-corrected chi connectivity index (χ4v) is 3.03. The van der Waals surface area contributed by atoms with Crippen molar-refractivity contribution < 1.29 is 19.1 Å². The van der Waals surface area contributed by atoms with Crippen LogP contribution in [0.25, 0.3) is 0 Å². The summed E-state index contributed by atoms with van der Waals surface area (Å²) < 4.78 is 5.24. The number of esters is 1. The van der Waals surface area contributed by atoms with E-state index in [4.69, 9.17) is 4.74 Å². The van der Waals surface area contributed by atoms with Gasteiger partial charge in [0.1, 0.15) is 0 Å². The Morgan fingerprint density at radius 2 is 1.45 bits per heavy atom. The number of rotatable bonds is 7. The molecular formula is C25H24N2O4. The largest absolute Gasteiger partial charge is 0.452 e. The standard InChI is InChI=1S/C25H24N2O4/c1-18(19-11-5-3-6-12-19)27(2)23(28)17-31-25(30)21-15-9-10-16-22(21)26-24(29)20-13-7-4-8-14-20/h3-16,18H,17H2,1-2H3,(H,26,29)/t18-/m1/s1. The molecular weight excluding hydrogens is 392 g/mol. The zero-order chi connectivity index (χ0) is 22.2. The van der Waals surface area contributed by atoms with Gasteiger partial charge < -0.3 is 15.0 Å². The molecule has 6 nitrogen and oxygen atoms in total. The van der Waals surface area contributed by atoms with Gasteiger partial charge in [0.2, 0.25) is 0 Å². The number of anilines is 1. The molecule has 158 valence electrons. The zero-order valence-corrected chi connectivity index (χ0v) is 17.4. The topological polar surface area (TPSA) is 75.7 Å². The summed E-state index contributed by atoms with van der Waals surface area (Å²) in [5.41, 5.74) is 1.95. The molecule has 0 bridgehead atoms. The third-order valence-corrected chi connectivity index (χ3v) is 5.01. The molecule has 0 aliphatic rings. The molecule has 3 aromatic rings. The molecule has 3 aromatic carbocycles. The van der Waals surface area contributed by atoms with Gasteiger partial charge in [-0.3, -0.25) is 9.59 Å². The van der Waals surface area contributed by atoms with Crippen LogP contribution in [0.15, 0.2) is 84.9 Å². The quantitative estimate of drug-likeness (QED) is 0.582. The van der Waals surface area contributed by atoms with Crippen LogP contribution in [0.5, 0.6) is 0 Å². The first-order chi connectivity index (χ1) is 15.0. The Kier molecular flexibility index (Phi) is 7.17. The van der Waals surface area contributed by atoms with E-state index in [1.165, 1.54) is 4.90 Å². The Morgan fingerprint density at radius 3 is 2.13 bits per heavy atom. The summed E-state index contributed by atoms with van der Waals surface area (Å²) in [7, 11) is 1.67. The second-order valence-electron chi connectivity index (χ2n) is 7.03. The minimum atomic E-state index is -0.682. The van der Waals surface area contributed by atoms with Crippen LogP contribution in [0.1, 0.15) is 39.2 Å². The van der Waals surface area contributed by atoms with Crippen LogP contribution in [-0.4, -0.2) is 36.3 Å². The molecule has 1 N–H and O–H groups in total. The first-order valence-corrected chi connectivity index (χ1v) is 9.90. The van der Waals surface area contributed by atoms with Crippen molar-refractivity contribution in [3.05, 3.63) is 102 Å². The highest BCUT2D eigenvalue weighted by molar-refractivity contribution is 6.08. The molecule has 0 radical (unpaired) electrons. The molecule has 0 heterocycles. The molecule has 0 saturated carbocycles. The lowest BCUT2D eigenvalue weighted by Crippen LogP contribution is -2.33. The van der Waals surface area contributed by atoms with Gasteiger partial charge in [0.15, 0.2) is 6.61 Å². The molecule has 3 rings (SSSR count). The molecule has 0 aliphatic heterocycles. The molecule has 31 heavy (non-hydrogen) atoms. The van der Waals surface area contributed by atoms with Crippen LogP contribution in [0.2, 0.25) is 0 Å². The van der Waals surface area contributed by atoms with Gasteiger partial charge in [-0.05, 0) is 36.8 Å². The van der Waals surface area contributed by atoms with Crippen LogP contribution in [-0.2, 0) is 9.53 Å². The molecule has 0 fully saturated rings. The molecule has 1 atom stereocenters. The first-order valence-electron chi connectivity index (χ1n) is 9.90. The van der Waals surface area contributed by atoms with E-state index in [2.05, 4.69) is 5.32 Å². The Morgan fingerprint density at radius 1 is 0.871 bits per heavy atom. The minimum absolute atomic E-state index is 0.162. The van der Waals surface area contributed by atoms with Crippen LogP contribution >= 0.6 is 0 Å². The number of nitrogens with one attached hydrogen (secondary N) is 1. The number of benzene rings is 3. The second-order valence-corrected chi connectivity index (χ2v) is 7.03. The Labute approximate surface area is 181 Å². The summed E-state index contributed by atoms with van der Waals surface area (Å²) >= 11 is 0. The van der Waals surface area contributed by atoms with E-state index in [1.807, 2.05) is 43.3 Å². The van der Waals surface area contributed by atoms with Crippen molar-refractivity contribution >= 4 is 23.5 Å². The highest BCUT2D eigenvalue weighted by Gasteiger charge is 2.20.